The Kier molecular flexibility index (Phi) is 6.25. The SMILES string of the molecule is CCNC(Cc1ccn(C(C)C)n1)CC(C)C(C)(C)C. The second-order valence-corrected chi connectivity index (χ2v) is 7.34. The lowest BCUT2D eigenvalue weighted by Gasteiger charge is -2.31. The third-order valence-electron chi connectivity index (χ3n) is 4.26. The van der Waals surface area contributed by atoms with Crippen LogP contribution in [0.5, 0.6) is 0 Å². The molecule has 0 aliphatic rings. The topological polar surface area (TPSA) is 29.9 Å². The monoisotopic (exact) mass is 279 g/mol. The summed E-state index contributed by atoms with van der Waals surface area (Å²) in [5, 5.41) is 8.30. The molecule has 3 heteroatoms. The molecule has 0 fully saturated rings. The molecule has 0 saturated heterocycles. The first-order valence-corrected chi connectivity index (χ1v) is 8.01. The van der Waals surface area contributed by atoms with Crippen molar-refractivity contribution in [2.24, 2.45) is 11.3 Å². The van der Waals surface area contributed by atoms with Gasteiger partial charge in [-0.25, -0.2) is 0 Å². The summed E-state index contributed by atoms with van der Waals surface area (Å²) in [6.07, 6.45) is 4.32. The fourth-order valence-electron chi connectivity index (χ4n) is 2.33. The van der Waals surface area contributed by atoms with Crippen LogP contribution in [0.4, 0.5) is 0 Å². The Morgan fingerprint density at radius 1 is 1.25 bits per heavy atom. The molecule has 0 amide bonds. The van der Waals surface area contributed by atoms with Crippen LogP contribution in [0.15, 0.2) is 12.3 Å². The van der Waals surface area contributed by atoms with E-state index < -0.39 is 0 Å². The van der Waals surface area contributed by atoms with E-state index in [2.05, 4.69) is 71.1 Å². The molecular weight excluding hydrogens is 246 g/mol. The second kappa shape index (κ2) is 7.26. The summed E-state index contributed by atoms with van der Waals surface area (Å²) in [5.41, 5.74) is 1.57. The van der Waals surface area contributed by atoms with Crippen molar-refractivity contribution >= 4 is 0 Å². The summed E-state index contributed by atoms with van der Waals surface area (Å²) in [7, 11) is 0. The lowest BCUT2D eigenvalue weighted by Crippen LogP contribution is -2.35. The minimum Gasteiger partial charge on any atom is -0.314 e. The van der Waals surface area contributed by atoms with E-state index in [1.54, 1.807) is 0 Å². The molecule has 1 aromatic rings. The highest BCUT2D eigenvalue weighted by molar-refractivity contribution is 5.02. The molecule has 1 aromatic heterocycles. The number of rotatable bonds is 7. The maximum absolute atomic E-state index is 4.68. The van der Waals surface area contributed by atoms with Gasteiger partial charge in [0.05, 0.1) is 5.69 Å². The zero-order chi connectivity index (χ0) is 15.3. The van der Waals surface area contributed by atoms with Crippen LogP contribution in [-0.4, -0.2) is 22.4 Å². The summed E-state index contributed by atoms with van der Waals surface area (Å²) in [5.74, 6) is 0.693. The Morgan fingerprint density at radius 2 is 1.90 bits per heavy atom. The Labute approximate surface area is 125 Å². The van der Waals surface area contributed by atoms with Gasteiger partial charge in [0.2, 0.25) is 0 Å². The second-order valence-electron chi connectivity index (χ2n) is 7.34. The first kappa shape index (κ1) is 17.2. The number of hydrogen-bond donors (Lipinski definition) is 1. The van der Waals surface area contributed by atoms with Gasteiger partial charge in [0.25, 0.3) is 0 Å². The van der Waals surface area contributed by atoms with Crippen LogP contribution in [0.25, 0.3) is 0 Å². The van der Waals surface area contributed by atoms with Gasteiger partial charge < -0.3 is 5.32 Å². The van der Waals surface area contributed by atoms with Gasteiger partial charge in [-0.1, -0.05) is 34.6 Å². The molecule has 0 aromatic carbocycles. The number of aromatic nitrogens is 2. The van der Waals surface area contributed by atoms with E-state index in [0.717, 1.165) is 13.0 Å². The molecule has 0 bridgehead atoms. The number of likely N-dealkylation sites (N-methyl/N-ethyl adjacent to an activating group) is 1. The molecule has 0 aliphatic heterocycles. The first-order valence-electron chi connectivity index (χ1n) is 8.01. The lowest BCUT2D eigenvalue weighted by molar-refractivity contribution is 0.222. The van der Waals surface area contributed by atoms with Gasteiger partial charge in [0.1, 0.15) is 0 Å². The molecule has 20 heavy (non-hydrogen) atoms. The van der Waals surface area contributed by atoms with Crippen LogP contribution in [-0.2, 0) is 6.42 Å². The Hall–Kier alpha value is -0.830. The van der Waals surface area contributed by atoms with E-state index in [-0.39, 0.29) is 0 Å². The fourth-order valence-corrected chi connectivity index (χ4v) is 2.33. The predicted molar refractivity (Wildman–Crippen MR) is 87.0 cm³/mol. The Morgan fingerprint density at radius 3 is 2.35 bits per heavy atom. The maximum atomic E-state index is 4.68. The lowest BCUT2D eigenvalue weighted by atomic mass is 9.78. The van der Waals surface area contributed by atoms with Crippen LogP contribution in [0, 0.1) is 11.3 Å². The fraction of sp³-hybridized carbons (Fsp3) is 0.824. The van der Waals surface area contributed by atoms with Crippen molar-refractivity contribution in [2.75, 3.05) is 6.54 Å². The van der Waals surface area contributed by atoms with Crippen molar-refractivity contribution in [1.29, 1.82) is 0 Å². The summed E-state index contributed by atoms with van der Waals surface area (Å²) in [6.45, 7) is 16.9. The third kappa shape index (κ3) is 5.28. The quantitative estimate of drug-likeness (QED) is 0.816. The summed E-state index contributed by atoms with van der Waals surface area (Å²) in [6, 6.07) is 3.12. The molecule has 1 heterocycles. The maximum Gasteiger partial charge on any atom is 0.0640 e. The molecule has 1 N–H and O–H groups in total. The van der Waals surface area contributed by atoms with Gasteiger partial charge in [-0.3, -0.25) is 4.68 Å². The van der Waals surface area contributed by atoms with E-state index in [9.17, 15) is 0 Å². The molecule has 0 spiro atoms. The van der Waals surface area contributed by atoms with Crippen LogP contribution in [0.3, 0.4) is 0 Å². The highest BCUT2D eigenvalue weighted by Gasteiger charge is 2.23. The zero-order valence-corrected chi connectivity index (χ0v) is 14.4. The van der Waals surface area contributed by atoms with Crippen molar-refractivity contribution in [3.63, 3.8) is 0 Å². The standard InChI is InChI=1S/C17H33N3/c1-8-18-16(11-14(4)17(5,6)7)12-15-9-10-20(19-15)13(2)3/h9-10,13-14,16,18H,8,11-12H2,1-7H3. The molecule has 1 rings (SSSR count). The average Bonchev–Trinajstić information content (AvgIpc) is 2.76. The van der Waals surface area contributed by atoms with Crippen molar-refractivity contribution in [1.82, 2.24) is 15.1 Å². The zero-order valence-electron chi connectivity index (χ0n) is 14.4. The molecule has 116 valence electrons. The van der Waals surface area contributed by atoms with E-state index in [4.69, 9.17) is 0 Å². The van der Waals surface area contributed by atoms with Crippen molar-refractivity contribution < 1.29 is 0 Å². The van der Waals surface area contributed by atoms with E-state index in [0.29, 0.717) is 23.4 Å². The van der Waals surface area contributed by atoms with Crippen molar-refractivity contribution in [2.45, 2.75) is 73.4 Å². The molecular formula is C17H33N3. The normalized spacial score (nSPS) is 15.6. The number of nitrogens with one attached hydrogen (secondary N) is 1. The van der Waals surface area contributed by atoms with E-state index >= 15 is 0 Å². The largest absolute Gasteiger partial charge is 0.314 e. The number of nitrogens with zero attached hydrogens (tertiary/aromatic N) is 2. The predicted octanol–water partition coefficient (Wildman–Crippen LogP) is 4.06. The summed E-state index contributed by atoms with van der Waals surface area (Å²) >= 11 is 0. The van der Waals surface area contributed by atoms with Crippen LogP contribution in [0.2, 0.25) is 0 Å². The van der Waals surface area contributed by atoms with E-state index in [1.807, 2.05) is 4.68 Å². The third-order valence-corrected chi connectivity index (χ3v) is 4.26. The van der Waals surface area contributed by atoms with Gasteiger partial charge in [-0.05, 0) is 44.2 Å². The first-order chi connectivity index (χ1) is 9.24. The highest BCUT2D eigenvalue weighted by atomic mass is 15.3. The summed E-state index contributed by atoms with van der Waals surface area (Å²) in [4.78, 5) is 0. The molecule has 0 saturated carbocycles. The van der Waals surface area contributed by atoms with Gasteiger partial charge in [-0.2, -0.15) is 5.10 Å². The Bertz CT molecular complexity index is 387. The van der Waals surface area contributed by atoms with Gasteiger partial charge in [0, 0.05) is 24.7 Å². The highest BCUT2D eigenvalue weighted by Crippen LogP contribution is 2.29. The molecule has 2 unspecified atom stereocenters. The molecule has 3 nitrogen and oxygen atoms in total. The van der Waals surface area contributed by atoms with E-state index in [1.165, 1.54) is 12.1 Å². The van der Waals surface area contributed by atoms with Crippen LogP contribution in [0.1, 0.15) is 66.6 Å². The van der Waals surface area contributed by atoms with Gasteiger partial charge in [0.15, 0.2) is 0 Å². The van der Waals surface area contributed by atoms with Crippen molar-refractivity contribution in [3.8, 4) is 0 Å². The molecule has 0 radical (unpaired) electrons. The van der Waals surface area contributed by atoms with Crippen LogP contribution >= 0.6 is 0 Å². The minimum absolute atomic E-state index is 0.366. The molecule has 0 aliphatic carbocycles. The van der Waals surface area contributed by atoms with Gasteiger partial charge in [-0.15, -0.1) is 0 Å². The van der Waals surface area contributed by atoms with Crippen molar-refractivity contribution in [3.05, 3.63) is 18.0 Å². The van der Waals surface area contributed by atoms with Gasteiger partial charge >= 0.3 is 0 Å². The summed E-state index contributed by atoms with van der Waals surface area (Å²) < 4.78 is 2.05. The minimum atomic E-state index is 0.366. The average molecular weight is 279 g/mol. The molecule has 2 atom stereocenters. The van der Waals surface area contributed by atoms with Crippen LogP contribution < -0.4 is 5.32 Å². The smallest absolute Gasteiger partial charge is 0.0640 e. The Balaban J connectivity index is 2.66. The number of hydrogen-bond acceptors (Lipinski definition) is 2.